The zero-order valence-electron chi connectivity index (χ0n) is 16.6. The number of para-hydroxylation sites is 2. The number of carbonyl (C=O) groups is 3. The number of benzene rings is 2. The molecule has 0 bridgehead atoms. The van der Waals surface area contributed by atoms with Crippen molar-refractivity contribution in [2.75, 3.05) is 17.2 Å². The van der Waals surface area contributed by atoms with Crippen molar-refractivity contribution in [1.82, 2.24) is 4.98 Å². The second-order valence-electron chi connectivity index (χ2n) is 6.84. The molecule has 0 fully saturated rings. The van der Waals surface area contributed by atoms with E-state index in [1.165, 1.54) is 0 Å². The topological polar surface area (TPSA) is 107 Å². The molecular formula is C22H19N3O5S. The van der Waals surface area contributed by atoms with Crippen LogP contribution in [0.15, 0.2) is 53.9 Å². The number of hydrogen-bond acceptors (Lipinski definition) is 7. The molecular weight excluding hydrogens is 418 g/mol. The van der Waals surface area contributed by atoms with Crippen LogP contribution >= 0.6 is 11.3 Å². The Bertz CT molecular complexity index is 1140. The van der Waals surface area contributed by atoms with Gasteiger partial charge in [-0.05, 0) is 31.2 Å². The molecule has 3 aromatic rings. The van der Waals surface area contributed by atoms with Crippen LogP contribution in [0.5, 0.6) is 5.75 Å². The maximum absolute atomic E-state index is 12.2. The van der Waals surface area contributed by atoms with Crippen LogP contribution in [0.2, 0.25) is 0 Å². The summed E-state index contributed by atoms with van der Waals surface area (Å²) in [5.41, 5.74) is 2.82. The molecule has 0 radical (unpaired) electrons. The van der Waals surface area contributed by atoms with E-state index >= 15 is 0 Å². The van der Waals surface area contributed by atoms with Crippen LogP contribution < -0.4 is 15.4 Å². The van der Waals surface area contributed by atoms with Crippen molar-refractivity contribution in [3.63, 3.8) is 0 Å². The number of hydrogen-bond donors (Lipinski definition) is 2. The number of thiazole rings is 1. The first-order valence-corrected chi connectivity index (χ1v) is 10.4. The number of esters is 1. The van der Waals surface area contributed by atoms with E-state index < -0.39 is 30.5 Å². The molecule has 2 amide bonds. The predicted molar refractivity (Wildman–Crippen MR) is 116 cm³/mol. The van der Waals surface area contributed by atoms with Gasteiger partial charge in [0.05, 0.1) is 22.8 Å². The van der Waals surface area contributed by atoms with E-state index in [4.69, 9.17) is 9.47 Å². The van der Waals surface area contributed by atoms with Gasteiger partial charge in [0, 0.05) is 16.6 Å². The number of ether oxygens (including phenoxy) is 2. The Morgan fingerprint density at radius 1 is 1.23 bits per heavy atom. The molecule has 8 nitrogen and oxygen atoms in total. The molecule has 1 aliphatic heterocycles. The fourth-order valence-electron chi connectivity index (χ4n) is 3.03. The van der Waals surface area contributed by atoms with Gasteiger partial charge in [-0.25, -0.2) is 4.98 Å². The zero-order valence-corrected chi connectivity index (χ0v) is 17.4. The molecule has 4 rings (SSSR count). The van der Waals surface area contributed by atoms with Crippen LogP contribution in [0.25, 0.3) is 11.3 Å². The Balaban J connectivity index is 1.28. The summed E-state index contributed by atoms with van der Waals surface area (Å²) in [6.07, 6.45) is -1.31. The van der Waals surface area contributed by atoms with Crippen molar-refractivity contribution >= 4 is 40.5 Å². The van der Waals surface area contributed by atoms with E-state index in [-0.39, 0.29) is 6.42 Å². The van der Waals surface area contributed by atoms with Gasteiger partial charge in [-0.3, -0.25) is 14.4 Å². The lowest BCUT2D eigenvalue weighted by Crippen LogP contribution is -2.39. The smallest absolute Gasteiger partial charge is 0.310 e. The van der Waals surface area contributed by atoms with E-state index in [0.717, 1.165) is 16.3 Å². The standard InChI is InChI=1S/C22H19N3O5S/c1-13-23-17(12-31-13)14-5-4-6-15(9-14)24-20(26)11-29-21(27)10-19-22(28)25-16-7-2-3-8-18(16)30-19/h2-9,12,19H,10-11H2,1H3,(H,24,26)(H,25,28). The fourth-order valence-corrected chi connectivity index (χ4v) is 3.65. The van der Waals surface area contributed by atoms with Crippen LogP contribution in [0.3, 0.4) is 0 Å². The highest BCUT2D eigenvalue weighted by molar-refractivity contribution is 7.09. The second-order valence-corrected chi connectivity index (χ2v) is 7.90. The lowest BCUT2D eigenvalue weighted by Gasteiger charge is -2.25. The molecule has 2 heterocycles. The van der Waals surface area contributed by atoms with Crippen LogP contribution in [-0.2, 0) is 19.1 Å². The number of aryl methyl sites for hydroxylation is 1. The van der Waals surface area contributed by atoms with Gasteiger partial charge in [0.1, 0.15) is 5.75 Å². The number of aromatic nitrogens is 1. The summed E-state index contributed by atoms with van der Waals surface area (Å²) in [7, 11) is 0. The Kier molecular flexibility index (Phi) is 5.94. The van der Waals surface area contributed by atoms with Crippen LogP contribution in [0.1, 0.15) is 11.4 Å². The van der Waals surface area contributed by atoms with E-state index in [9.17, 15) is 14.4 Å². The summed E-state index contributed by atoms with van der Waals surface area (Å²) >= 11 is 1.55. The molecule has 0 spiro atoms. The minimum Gasteiger partial charge on any atom is -0.478 e. The van der Waals surface area contributed by atoms with Crippen molar-refractivity contribution in [3.05, 3.63) is 58.9 Å². The molecule has 2 N–H and O–H groups in total. The summed E-state index contributed by atoms with van der Waals surface area (Å²) in [5, 5.41) is 8.26. The summed E-state index contributed by atoms with van der Waals surface area (Å²) in [6, 6.07) is 14.2. The van der Waals surface area contributed by atoms with Crippen molar-refractivity contribution in [2.24, 2.45) is 0 Å². The van der Waals surface area contributed by atoms with Gasteiger partial charge in [0.15, 0.2) is 12.7 Å². The number of nitrogens with one attached hydrogen (secondary N) is 2. The van der Waals surface area contributed by atoms with Crippen molar-refractivity contribution in [3.8, 4) is 17.0 Å². The van der Waals surface area contributed by atoms with Crippen LogP contribution in [0, 0.1) is 6.92 Å². The molecule has 1 aromatic heterocycles. The quantitative estimate of drug-likeness (QED) is 0.573. The van der Waals surface area contributed by atoms with Gasteiger partial charge >= 0.3 is 5.97 Å². The predicted octanol–water partition coefficient (Wildman–Crippen LogP) is 3.39. The Hall–Kier alpha value is -3.72. The van der Waals surface area contributed by atoms with E-state index in [1.54, 1.807) is 47.7 Å². The summed E-state index contributed by atoms with van der Waals surface area (Å²) < 4.78 is 10.6. The molecule has 1 atom stereocenters. The normalized spacial score (nSPS) is 14.7. The lowest BCUT2D eigenvalue weighted by molar-refractivity contribution is -0.150. The van der Waals surface area contributed by atoms with Crippen LogP contribution in [0.4, 0.5) is 11.4 Å². The van der Waals surface area contributed by atoms with Gasteiger partial charge in [-0.15, -0.1) is 11.3 Å². The minimum atomic E-state index is -1.01. The highest BCUT2D eigenvalue weighted by Gasteiger charge is 2.30. The largest absolute Gasteiger partial charge is 0.478 e. The monoisotopic (exact) mass is 437 g/mol. The van der Waals surface area contributed by atoms with Gasteiger partial charge in [0.25, 0.3) is 11.8 Å². The minimum absolute atomic E-state index is 0.299. The van der Waals surface area contributed by atoms with Crippen molar-refractivity contribution in [2.45, 2.75) is 19.4 Å². The molecule has 0 aliphatic carbocycles. The van der Waals surface area contributed by atoms with E-state index in [2.05, 4.69) is 15.6 Å². The van der Waals surface area contributed by atoms with E-state index in [0.29, 0.717) is 17.1 Å². The Labute approximate surface area is 182 Å². The lowest BCUT2D eigenvalue weighted by atomic mass is 10.1. The first-order valence-electron chi connectivity index (χ1n) is 9.52. The maximum Gasteiger partial charge on any atom is 0.310 e. The van der Waals surface area contributed by atoms with Gasteiger partial charge in [-0.2, -0.15) is 0 Å². The van der Waals surface area contributed by atoms with Gasteiger partial charge in [0.2, 0.25) is 0 Å². The number of rotatable bonds is 6. The maximum atomic E-state index is 12.2. The third-order valence-corrected chi connectivity index (χ3v) is 5.26. The number of amides is 2. The molecule has 158 valence electrons. The number of anilines is 2. The van der Waals surface area contributed by atoms with Gasteiger partial charge in [-0.1, -0.05) is 24.3 Å². The summed E-state index contributed by atoms with van der Waals surface area (Å²) in [6.45, 7) is 1.46. The molecule has 2 aromatic carbocycles. The highest BCUT2D eigenvalue weighted by atomic mass is 32.1. The summed E-state index contributed by atoms with van der Waals surface area (Å²) in [5.74, 6) is -1.15. The number of fused-ring (bicyclic) bond motifs is 1. The average Bonchev–Trinajstić information content (AvgIpc) is 3.19. The number of carbonyl (C=O) groups excluding carboxylic acids is 3. The first-order chi connectivity index (χ1) is 15.0. The second kappa shape index (κ2) is 8.97. The first kappa shape index (κ1) is 20.5. The SMILES string of the molecule is Cc1nc(-c2cccc(NC(=O)COC(=O)CC3Oc4ccccc4NC3=O)c2)cs1. The summed E-state index contributed by atoms with van der Waals surface area (Å²) in [4.78, 5) is 40.8. The Morgan fingerprint density at radius 2 is 2.06 bits per heavy atom. The van der Waals surface area contributed by atoms with Crippen molar-refractivity contribution in [1.29, 1.82) is 0 Å². The third kappa shape index (κ3) is 5.07. The highest BCUT2D eigenvalue weighted by Crippen LogP contribution is 2.29. The Morgan fingerprint density at radius 3 is 2.87 bits per heavy atom. The average molecular weight is 437 g/mol. The molecule has 0 saturated heterocycles. The molecule has 1 aliphatic rings. The molecule has 0 saturated carbocycles. The van der Waals surface area contributed by atoms with Crippen molar-refractivity contribution < 1.29 is 23.9 Å². The molecule has 9 heteroatoms. The van der Waals surface area contributed by atoms with E-state index in [1.807, 2.05) is 24.4 Å². The molecule has 1 unspecified atom stereocenters. The fraction of sp³-hybridized carbons (Fsp3) is 0.182. The third-order valence-electron chi connectivity index (χ3n) is 4.48. The molecule has 31 heavy (non-hydrogen) atoms. The number of nitrogens with zero attached hydrogens (tertiary/aromatic N) is 1. The zero-order chi connectivity index (χ0) is 21.8. The van der Waals surface area contributed by atoms with Crippen LogP contribution in [-0.4, -0.2) is 35.5 Å². The van der Waals surface area contributed by atoms with Gasteiger partial charge < -0.3 is 20.1 Å².